The number of aryl methyl sites for hydroxylation is 2. The lowest BCUT2D eigenvalue weighted by Crippen LogP contribution is -2.42. The van der Waals surface area contributed by atoms with Gasteiger partial charge in [-0.1, -0.05) is 34.6 Å². The first-order valence-corrected chi connectivity index (χ1v) is 12.2. The number of hydrogen-bond donors (Lipinski definition) is 1. The normalized spacial score (nSPS) is 24.8. The van der Waals surface area contributed by atoms with Gasteiger partial charge in [0, 0.05) is 30.8 Å². The number of likely N-dealkylation sites (tertiary alicyclic amines) is 1. The van der Waals surface area contributed by atoms with E-state index in [0.717, 1.165) is 42.6 Å². The maximum atomic E-state index is 12.9. The number of hydrogen-bond acceptors (Lipinski definition) is 4. The van der Waals surface area contributed by atoms with Gasteiger partial charge in [-0.3, -0.25) is 9.59 Å². The lowest BCUT2D eigenvalue weighted by Gasteiger charge is -2.35. The van der Waals surface area contributed by atoms with Crippen LogP contribution in [0.1, 0.15) is 70.1 Å². The van der Waals surface area contributed by atoms with Crippen molar-refractivity contribution in [3.05, 3.63) is 26.6 Å². The Hall–Kier alpha value is -1.69. The number of carbonyl (C=O) groups excluding carboxylic acids is 1. The lowest BCUT2D eigenvalue weighted by molar-refractivity contribution is -0.133. The van der Waals surface area contributed by atoms with Crippen LogP contribution in [0.25, 0.3) is 10.2 Å². The zero-order chi connectivity index (χ0) is 21.6. The molecule has 2 aromatic heterocycles. The molecule has 0 saturated carbocycles. The highest BCUT2D eigenvalue weighted by Crippen LogP contribution is 2.42. The number of nitrogens with one attached hydrogen (secondary N) is 1. The van der Waals surface area contributed by atoms with Crippen LogP contribution in [0.15, 0.2) is 4.79 Å². The highest BCUT2D eigenvalue weighted by Gasteiger charge is 2.32. The van der Waals surface area contributed by atoms with Crippen LogP contribution in [-0.2, 0) is 24.1 Å². The Kier molecular flexibility index (Phi) is 5.82. The summed E-state index contributed by atoms with van der Waals surface area (Å²) < 4.78 is 0. The largest absolute Gasteiger partial charge is 0.342 e. The molecule has 0 spiro atoms. The van der Waals surface area contributed by atoms with Crippen LogP contribution < -0.4 is 5.56 Å². The van der Waals surface area contributed by atoms with E-state index in [1.807, 2.05) is 4.90 Å². The highest BCUT2D eigenvalue weighted by molar-refractivity contribution is 7.18. The quantitative estimate of drug-likeness (QED) is 0.777. The molecule has 1 amide bonds. The summed E-state index contributed by atoms with van der Waals surface area (Å²) in [5.41, 5.74) is 1.46. The number of aromatic nitrogens is 2. The first-order chi connectivity index (χ1) is 14.1. The molecule has 0 bridgehead atoms. The van der Waals surface area contributed by atoms with E-state index < -0.39 is 0 Å². The summed E-state index contributed by atoms with van der Waals surface area (Å²) in [6.45, 7) is 13.0. The van der Waals surface area contributed by atoms with Crippen LogP contribution in [0.5, 0.6) is 0 Å². The average Bonchev–Trinajstić information content (AvgIpc) is 3.02. The molecule has 1 N–H and O–H groups in total. The van der Waals surface area contributed by atoms with E-state index in [4.69, 9.17) is 4.98 Å². The van der Waals surface area contributed by atoms with Crippen LogP contribution >= 0.6 is 11.3 Å². The second-order valence-electron chi connectivity index (χ2n) is 10.7. The second-order valence-corrected chi connectivity index (χ2v) is 11.8. The Morgan fingerprint density at radius 1 is 1.23 bits per heavy atom. The van der Waals surface area contributed by atoms with Crippen molar-refractivity contribution in [3.8, 4) is 0 Å². The predicted molar refractivity (Wildman–Crippen MR) is 123 cm³/mol. The minimum absolute atomic E-state index is 0.0330. The minimum atomic E-state index is -0.0330. The first-order valence-electron chi connectivity index (χ1n) is 11.4. The third-order valence-electron chi connectivity index (χ3n) is 6.99. The fourth-order valence-corrected chi connectivity index (χ4v) is 6.66. The van der Waals surface area contributed by atoms with Gasteiger partial charge in [0.25, 0.3) is 5.56 Å². The summed E-state index contributed by atoms with van der Waals surface area (Å²) in [4.78, 5) is 37.5. The van der Waals surface area contributed by atoms with Gasteiger partial charge in [-0.05, 0) is 54.4 Å². The summed E-state index contributed by atoms with van der Waals surface area (Å²) in [5, 5.41) is 0.788. The second kappa shape index (κ2) is 8.10. The van der Waals surface area contributed by atoms with Gasteiger partial charge in [-0.15, -0.1) is 11.3 Å². The highest BCUT2D eigenvalue weighted by atomic mass is 32.1. The van der Waals surface area contributed by atoms with Crippen molar-refractivity contribution in [2.45, 2.75) is 73.1 Å². The smallest absolute Gasteiger partial charge is 0.259 e. The van der Waals surface area contributed by atoms with E-state index in [2.05, 4.69) is 39.6 Å². The van der Waals surface area contributed by atoms with Gasteiger partial charge in [0.05, 0.1) is 5.39 Å². The Morgan fingerprint density at radius 3 is 2.60 bits per heavy atom. The molecule has 30 heavy (non-hydrogen) atoms. The third kappa shape index (κ3) is 4.34. The molecule has 1 saturated heterocycles. The number of nitrogens with zero attached hydrogens (tertiary/aromatic N) is 2. The van der Waals surface area contributed by atoms with Crippen molar-refractivity contribution in [1.82, 2.24) is 14.9 Å². The van der Waals surface area contributed by atoms with Gasteiger partial charge >= 0.3 is 0 Å². The van der Waals surface area contributed by atoms with Gasteiger partial charge in [0.15, 0.2) is 0 Å². The lowest BCUT2D eigenvalue weighted by atomic mass is 9.72. The van der Waals surface area contributed by atoms with Gasteiger partial charge in [-0.2, -0.15) is 0 Å². The molecule has 1 aliphatic heterocycles. The Morgan fingerprint density at radius 2 is 1.93 bits per heavy atom. The van der Waals surface area contributed by atoms with Crippen molar-refractivity contribution < 1.29 is 4.79 Å². The summed E-state index contributed by atoms with van der Waals surface area (Å²) in [6.07, 6.45) is 5.23. The van der Waals surface area contributed by atoms with Crippen LogP contribution in [0, 0.1) is 23.2 Å². The molecule has 1 fully saturated rings. The van der Waals surface area contributed by atoms with Crippen molar-refractivity contribution in [3.63, 3.8) is 0 Å². The number of amides is 1. The molecule has 0 unspecified atom stereocenters. The Bertz CT molecular complexity index is 990. The number of aromatic amines is 1. The number of H-pyrrole nitrogens is 1. The number of fused-ring (bicyclic) bond motifs is 3. The van der Waals surface area contributed by atoms with E-state index in [1.54, 1.807) is 11.3 Å². The molecular weight excluding hydrogens is 394 g/mol. The molecular formula is C24H35N3O2S. The molecule has 3 heterocycles. The molecule has 6 heteroatoms. The molecule has 0 radical (unpaired) electrons. The zero-order valence-electron chi connectivity index (χ0n) is 19.0. The summed E-state index contributed by atoms with van der Waals surface area (Å²) in [6, 6.07) is 0. The molecule has 5 nitrogen and oxygen atoms in total. The molecule has 3 atom stereocenters. The molecule has 164 valence electrons. The molecule has 1 aliphatic carbocycles. The van der Waals surface area contributed by atoms with Crippen molar-refractivity contribution in [1.29, 1.82) is 0 Å². The van der Waals surface area contributed by atoms with Crippen molar-refractivity contribution >= 4 is 27.5 Å². The van der Waals surface area contributed by atoms with E-state index in [-0.39, 0.29) is 16.9 Å². The van der Waals surface area contributed by atoms with Gasteiger partial charge in [0.2, 0.25) is 5.91 Å². The minimum Gasteiger partial charge on any atom is -0.342 e. The van der Waals surface area contributed by atoms with Gasteiger partial charge in [0.1, 0.15) is 10.7 Å². The van der Waals surface area contributed by atoms with E-state index in [1.165, 1.54) is 16.9 Å². The molecule has 0 aromatic carbocycles. The van der Waals surface area contributed by atoms with E-state index in [0.29, 0.717) is 36.4 Å². The molecule has 4 rings (SSSR count). The van der Waals surface area contributed by atoms with E-state index in [9.17, 15) is 9.59 Å². The van der Waals surface area contributed by atoms with E-state index >= 15 is 0 Å². The zero-order valence-corrected chi connectivity index (χ0v) is 19.8. The maximum absolute atomic E-state index is 12.9. The van der Waals surface area contributed by atoms with Gasteiger partial charge in [-0.25, -0.2) is 4.98 Å². The average molecular weight is 430 g/mol. The number of carbonyl (C=O) groups is 1. The Balaban J connectivity index is 1.50. The van der Waals surface area contributed by atoms with Gasteiger partial charge < -0.3 is 9.88 Å². The van der Waals surface area contributed by atoms with Crippen molar-refractivity contribution in [2.24, 2.45) is 23.2 Å². The topological polar surface area (TPSA) is 66.1 Å². The third-order valence-corrected chi connectivity index (χ3v) is 8.14. The first kappa shape index (κ1) is 21.5. The predicted octanol–water partition coefficient (Wildman–Crippen LogP) is 4.57. The van der Waals surface area contributed by atoms with Crippen LogP contribution in [-0.4, -0.2) is 33.9 Å². The van der Waals surface area contributed by atoms with Crippen LogP contribution in [0.3, 0.4) is 0 Å². The van der Waals surface area contributed by atoms with Crippen molar-refractivity contribution in [2.75, 3.05) is 13.1 Å². The SMILES string of the molecule is C[C@@H]1C[C@@H](C)CN(C(=O)CCc2nc3sc4c(c3c(=O)[nH]2)CC[C@@H](C(C)(C)C)C4)C1. The van der Waals surface area contributed by atoms with Crippen LogP contribution in [0.4, 0.5) is 0 Å². The number of thiophene rings is 1. The summed E-state index contributed by atoms with van der Waals surface area (Å²) in [5.74, 6) is 2.57. The standard InChI is InChI=1S/C24H35N3O2S/c1-14-10-15(2)13-27(12-14)20(28)9-8-19-25-22(29)21-17-7-6-16(24(3,4)5)11-18(17)30-23(21)26-19/h14-16H,6-13H2,1-5H3,(H,25,26,29)/t14-,15-,16-/m1/s1. The maximum Gasteiger partial charge on any atom is 0.259 e. The molecule has 2 aliphatic rings. The van der Waals surface area contributed by atoms with Crippen LogP contribution in [0.2, 0.25) is 0 Å². The number of piperidine rings is 1. The molecule has 2 aromatic rings. The summed E-state index contributed by atoms with van der Waals surface area (Å²) in [7, 11) is 0. The monoisotopic (exact) mass is 429 g/mol. The number of rotatable bonds is 3. The fourth-order valence-electron chi connectivity index (χ4n) is 5.34. The Labute approximate surface area is 183 Å². The fraction of sp³-hybridized carbons (Fsp3) is 0.708. The summed E-state index contributed by atoms with van der Waals surface area (Å²) >= 11 is 1.68.